The van der Waals surface area contributed by atoms with Gasteiger partial charge in [0.15, 0.2) is 0 Å². The average Bonchev–Trinajstić information content (AvgIpc) is 1.62. The van der Waals surface area contributed by atoms with E-state index >= 15 is 0 Å². The summed E-state index contributed by atoms with van der Waals surface area (Å²) in [4.78, 5) is 82.6. The topological polar surface area (TPSA) is 353 Å². The number of carboxylic acids is 2. The second-order valence-corrected chi connectivity index (χ2v) is 36.1. The Bertz CT molecular complexity index is 4110. The van der Waals surface area contributed by atoms with Crippen LogP contribution in [0.1, 0.15) is 237 Å². The van der Waals surface area contributed by atoms with E-state index in [2.05, 4.69) is 95.6 Å². The number of carbonyl (C=O) groups excluding carboxylic acids is 5. The molecule has 0 radical (unpaired) electrons. The van der Waals surface area contributed by atoms with Crippen LogP contribution in [0, 0.1) is 88.2 Å². The second-order valence-electron chi connectivity index (χ2n) is 36.1. The molecular weight excluding hydrogens is 1520 g/mol. The van der Waals surface area contributed by atoms with Gasteiger partial charge in [0.2, 0.25) is 0 Å². The number of esters is 5. The molecule has 2 aromatic carbocycles. The monoisotopic (exact) mass is 1660 g/mol. The van der Waals surface area contributed by atoms with Gasteiger partial charge in [-0.1, -0.05) is 160 Å². The normalized spacial score (nSPS) is 29.8. The first-order chi connectivity index (χ1) is 56.3. The third kappa shape index (κ3) is 27.3. The summed E-state index contributed by atoms with van der Waals surface area (Å²) in [6.45, 7) is 28.6. The van der Waals surface area contributed by atoms with E-state index in [-0.39, 0.29) is 140 Å². The number of carboxylic acid groups (broad SMARTS) is 2. The zero-order valence-electron chi connectivity index (χ0n) is 72.4. The number of aromatic nitrogens is 1. The molecule has 2 saturated heterocycles. The number of halogens is 1. The second kappa shape index (κ2) is 44.8. The molecule has 119 heavy (non-hydrogen) atoms. The average molecular weight is 1660 g/mol. The summed E-state index contributed by atoms with van der Waals surface area (Å²) in [5.41, 5.74) is 6.67. The van der Waals surface area contributed by atoms with Gasteiger partial charge in [-0.05, 0) is 199 Å². The van der Waals surface area contributed by atoms with Gasteiger partial charge in [0.25, 0.3) is 0 Å². The van der Waals surface area contributed by atoms with Crippen LogP contribution in [-0.4, -0.2) is 166 Å². The first-order valence-corrected chi connectivity index (χ1v) is 43.8. The maximum atomic E-state index is 13.5. The number of aliphatic hydroxyl groups excluding tert-OH is 7. The minimum atomic E-state index is -1.13. The van der Waals surface area contributed by atoms with Gasteiger partial charge in [-0.3, -0.25) is 33.6 Å². The van der Waals surface area contributed by atoms with Crippen LogP contribution in [0.3, 0.4) is 0 Å². The van der Waals surface area contributed by atoms with Crippen molar-refractivity contribution in [3.8, 4) is 11.1 Å². The summed E-state index contributed by atoms with van der Waals surface area (Å²) < 4.78 is 44.6. The Morgan fingerprint density at radius 2 is 1.02 bits per heavy atom. The summed E-state index contributed by atoms with van der Waals surface area (Å²) in [7, 11) is 0. The molecule has 6 aliphatic carbocycles. The number of hydrogen-bond acceptors (Lipinski definition) is 19. The number of ether oxygens (including phenoxy) is 5. The minimum absolute atomic E-state index is 0.0156. The number of aliphatic hydroxyl groups is 7. The van der Waals surface area contributed by atoms with Crippen LogP contribution < -0.4 is 0 Å². The highest BCUT2D eigenvalue weighted by Crippen LogP contribution is 2.49. The van der Waals surface area contributed by atoms with E-state index in [0.717, 1.165) is 84.7 Å². The lowest BCUT2D eigenvalue weighted by atomic mass is 9.65. The maximum Gasteiger partial charge on any atom is 0.311 e. The minimum Gasteiger partial charge on any atom is -0.481 e. The Morgan fingerprint density at radius 1 is 0.571 bits per heavy atom. The quantitative estimate of drug-likeness (QED) is 0.0221. The van der Waals surface area contributed by atoms with Gasteiger partial charge in [-0.15, -0.1) is 0 Å². The summed E-state index contributed by atoms with van der Waals surface area (Å²) in [6, 6.07) is 14.4. The van der Waals surface area contributed by atoms with Crippen molar-refractivity contribution in [2.45, 2.75) is 305 Å². The Hall–Kier alpha value is -7.90. The van der Waals surface area contributed by atoms with Crippen LogP contribution in [0.25, 0.3) is 28.1 Å². The molecule has 23 heteroatoms. The number of fused-ring (bicyclic) bond motifs is 4. The third-order valence-corrected chi connectivity index (χ3v) is 25.7. The van der Waals surface area contributed by atoms with Crippen molar-refractivity contribution < 1.29 is 108 Å². The van der Waals surface area contributed by atoms with Gasteiger partial charge < -0.3 is 74.2 Å². The van der Waals surface area contributed by atoms with Crippen molar-refractivity contribution in [1.82, 2.24) is 4.57 Å². The Morgan fingerprint density at radius 3 is 1.47 bits per heavy atom. The first-order valence-electron chi connectivity index (χ1n) is 43.8. The number of cyclic esters (lactones) is 2. The largest absolute Gasteiger partial charge is 0.481 e. The predicted molar refractivity (Wildman–Crippen MR) is 453 cm³/mol. The SMILES string of the molecule is CC(C)n1c(/C=C/C(O)CC(O)CC(=O)O)c(-c2ccc(F)cc2)c2ccccc21.CCC(C)(C)C(=O)OC1CC(C)C=C2C=CC(C)C(CCC3CC(O)CC(=O)O3)C21.CCC(C)C(=O)OC1CC(C)C=C2C=CC(C)C(CCC3CC(O)CC(=O)O3)C21.CCC(C)C(=O)OC1CC(O)C=C2C=CC(C)C(CCC(O)CC(O)CC(=O)O)C21. The molecule has 1 aromatic heterocycles. The lowest BCUT2D eigenvalue weighted by Gasteiger charge is -2.44. The fourth-order valence-corrected chi connectivity index (χ4v) is 18.4. The summed E-state index contributed by atoms with van der Waals surface area (Å²) in [6.07, 6.45) is 24.7. The van der Waals surface area contributed by atoms with Crippen LogP contribution in [-0.2, 0) is 57.2 Å². The van der Waals surface area contributed by atoms with Gasteiger partial charge >= 0.3 is 41.8 Å². The Balaban J connectivity index is 0.000000198. The van der Waals surface area contributed by atoms with E-state index in [9.17, 15) is 73.7 Å². The van der Waals surface area contributed by atoms with Gasteiger partial charge in [0.1, 0.15) is 36.3 Å². The van der Waals surface area contributed by atoms with E-state index < -0.39 is 72.6 Å². The van der Waals surface area contributed by atoms with Gasteiger partial charge in [-0.25, -0.2) is 4.39 Å². The van der Waals surface area contributed by atoms with Crippen LogP contribution in [0.15, 0.2) is 126 Å². The molecule has 0 spiro atoms. The molecule has 3 heterocycles. The summed E-state index contributed by atoms with van der Waals surface area (Å²) >= 11 is 0. The van der Waals surface area contributed by atoms with E-state index in [4.69, 9.17) is 33.9 Å². The predicted octanol–water partition coefficient (Wildman–Crippen LogP) is 15.8. The highest BCUT2D eigenvalue weighted by Gasteiger charge is 2.47. The van der Waals surface area contributed by atoms with Crippen LogP contribution in [0.4, 0.5) is 4.39 Å². The van der Waals surface area contributed by atoms with Gasteiger partial charge in [-0.2, -0.15) is 0 Å². The molecule has 2 aliphatic heterocycles. The first kappa shape index (κ1) is 96.6. The van der Waals surface area contributed by atoms with Crippen molar-refractivity contribution in [2.75, 3.05) is 0 Å². The van der Waals surface area contributed by atoms with E-state index in [1.807, 2.05) is 84.9 Å². The molecule has 0 bridgehead atoms. The molecule has 25 atom stereocenters. The molecule has 0 saturated carbocycles. The van der Waals surface area contributed by atoms with Gasteiger partial charge in [0.05, 0.1) is 85.7 Å². The number of benzene rings is 2. The zero-order valence-corrected chi connectivity index (χ0v) is 72.4. The maximum absolute atomic E-state index is 13.5. The number of carbonyl (C=O) groups is 7. The third-order valence-electron chi connectivity index (χ3n) is 25.7. The molecule has 9 N–H and O–H groups in total. The number of rotatable bonds is 30. The van der Waals surface area contributed by atoms with Crippen LogP contribution >= 0.6 is 0 Å². The molecule has 0 amide bonds. The highest BCUT2D eigenvalue weighted by molar-refractivity contribution is 6.01. The Labute approximate surface area is 703 Å². The lowest BCUT2D eigenvalue weighted by molar-refractivity contribution is -0.166. The van der Waals surface area contributed by atoms with Crippen molar-refractivity contribution in [3.63, 3.8) is 0 Å². The standard InChI is InChI=1S/C25H38O5.C24H26FNO4.C24H36O5.C23H36O7/c1-6-25(4,5)24(28)30-21-12-15(2)11-17-8-7-16(3)20(23(17)21)10-9-19-13-18(26)14-22(27)29-19;1-15(2)26-21-6-4-3-5-20(21)24(16-7-9-17(25)10-8-16)22(26)12-11-18(27)13-19(28)14-23(29)30;1-5-15(3)24(27)29-21-11-14(2)10-17-7-6-16(4)20(23(17)21)9-8-19-12-18(25)13-22(26)28-19;1-4-13(2)23(29)30-20-11-17(25)9-15-6-5-14(3)19(22(15)20)8-7-16(24)10-18(26)12-21(27)28/h7-8,11,15-16,18-21,23,26H,6,9-10,12-14H2,1-5H3;3-12,15,18-19,27-28H,13-14H2,1-2H3,(H,29,30);6-7,10,14-16,18-21,23,25H,5,8-9,11-13H2,1-4H3;5-6,9,13-14,16-20,22,24-26H,4,7-8,10-12H2,1-3H3,(H,27,28)/b;12-11+;;. The molecule has 11 rings (SSSR count). The van der Waals surface area contributed by atoms with E-state index in [1.165, 1.54) is 23.3 Å². The molecule has 658 valence electrons. The van der Waals surface area contributed by atoms with Gasteiger partial charge in [0, 0.05) is 71.6 Å². The van der Waals surface area contributed by atoms with Crippen LogP contribution in [0.2, 0.25) is 0 Å². The number of hydrogen-bond donors (Lipinski definition) is 9. The van der Waals surface area contributed by atoms with Crippen LogP contribution in [0.5, 0.6) is 0 Å². The molecule has 3 aromatic rings. The summed E-state index contributed by atoms with van der Waals surface area (Å²) in [5, 5.41) is 88.7. The summed E-state index contributed by atoms with van der Waals surface area (Å²) in [5.74, 6) is -1.21. The molecule has 8 aliphatic rings. The number of aliphatic carboxylic acids is 2. The molecule has 25 unspecified atom stereocenters. The fraction of sp³-hybridized carbons (Fsp3) is 0.635. The van der Waals surface area contributed by atoms with Crippen molar-refractivity contribution in [3.05, 3.63) is 138 Å². The molecule has 22 nitrogen and oxygen atoms in total. The number of allylic oxidation sites excluding steroid dienone is 8. The van der Waals surface area contributed by atoms with Crippen molar-refractivity contribution in [2.24, 2.45) is 82.3 Å². The zero-order chi connectivity index (χ0) is 87.4. The Kier molecular flexibility index (Phi) is 36.3. The fourth-order valence-electron chi connectivity index (χ4n) is 18.4. The lowest BCUT2D eigenvalue weighted by Crippen LogP contribution is -2.43. The number of nitrogens with zero attached hydrogens (tertiary/aromatic N) is 1. The number of para-hydroxylation sites is 1. The smallest absolute Gasteiger partial charge is 0.311 e. The van der Waals surface area contributed by atoms with Crippen molar-refractivity contribution >= 4 is 58.8 Å². The molecular formula is C96H136FNO21. The molecule has 2 fully saturated rings. The van der Waals surface area contributed by atoms with E-state index in [1.54, 1.807) is 24.3 Å². The highest BCUT2D eigenvalue weighted by atomic mass is 19.1. The van der Waals surface area contributed by atoms with E-state index in [0.29, 0.717) is 74.0 Å². The van der Waals surface area contributed by atoms with Crippen molar-refractivity contribution in [1.29, 1.82) is 0 Å².